The van der Waals surface area contributed by atoms with Crippen LogP contribution in [-0.4, -0.2) is 4.98 Å². The maximum atomic E-state index is 5.71. The maximum Gasteiger partial charge on any atom is 0.126 e. The Morgan fingerprint density at radius 3 is 2.83 bits per heavy atom. The number of pyridine rings is 1. The molecule has 1 aromatic rings. The molecule has 0 aliphatic carbocycles. The standard InChI is InChI=1S/C10H14N2/c1-4-8-6-9(5-2)10(11)12-7(8)3/h4,6H,1,5H2,2-3H3,(H2,11,12). The average molecular weight is 162 g/mol. The summed E-state index contributed by atoms with van der Waals surface area (Å²) in [6.45, 7) is 7.72. The van der Waals surface area contributed by atoms with Gasteiger partial charge in [-0.2, -0.15) is 0 Å². The van der Waals surface area contributed by atoms with Crippen molar-refractivity contribution in [3.63, 3.8) is 0 Å². The summed E-state index contributed by atoms with van der Waals surface area (Å²) >= 11 is 0. The zero-order chi connectivity index (χ0) is 9.14. The zero-order valence-electron chi connectivity index (χ0n) is 7.59. The van der Waals surface area contributed by atoms with Gasteiger partial charge in [-0.05, 0) is 30.5 Å². The summed E-state index contributed by atoms with van der Waals surface area (Å²) in [4.78, 5) is 4.22. The number of anilines is 1. The molecule has 0 spiro atoms. The van der Waals surface area contributed by atoms with Crippen LogP contribution in [0.5, 0.6) is 0 Å². The van der Waals surface area contributed by atoms with Gasteiger partial charge in [-0.1, -0.05) is 19.6 Å². The van der Waals surface area contributed by atoms with E-state index in [1.54, 1.807) is 6.08 Å². The Balaban J connectivity index is 3.26. The summed E-state index contributed by atoms with van der Waals surface area (Å²) in [5.74, 6) is 0.639. The monoisotopic (exact) mass is 162 g/mol. The summed E-state index contributed by atoms with van der Waals surface area (Å²) in [5.41, 5.74) is 8.82. The molecule has 0 saturated heterocycles. The van der Waals surface area contributed by atoms with Gasteiger partial charge in [-0.15, -0.1) is 0 Å². The van der Waals surface area contributed by atoms with Gasteiger partial charge in [0, 0.05) is 5.69 Å². The number of nitrogen functional groups attached to an aromatic ring is 1. The third-order valence-electron chi connectivity index (χ3n) is 1.97. The molecule has 0 bridgehead atoms. The second-order valence-corrected chi connectivity index (χ2v) is 2.77. The SMILES string of the molecule is C=Cc1cc(CC)c(N)nc1C. The summed E-state index contributed by atoms with van der Waals surface area (Å²) in [6, 6.07) is 2.05. The molecule has 1 aromatic heterocycles. The highest BCUT2D eigenvalue weighted by Crippen LogP contribution is 2.15. The minimum atomic E-state index is 0.639. The molecule has 0 aliphatic heterocycles. The fraction of sp³-hybridized carbons (Fsp3) is 0.300. The minimum Gasteiger partial charge on any atom is -0.383 e. The van der Waals surface area contributed by atoms with E-state index in [1.807, 2.05) is 13.0 Å². The van der Waals surface area contributed by atoms with Crippen molar-refractivity contribution in [2.24, 2.45) is 0 Å². The number of aromatic nitrogens is 1. The number of rotatable bonds is 2. The second-order valence-electron chi connectivity index (χ2n) is 2.77. The van der Waals surface area contributed by atoms with E-state index in [4.69, 9.17) is 5.73 Å². The van der Waals surface area contributed by atoms with E-state index in [0.29, 0.717) is 5.82 Å². The molecule has 0 atom stereocenters. The molecule has 0 fully saturated rings. The molecule has 12 heavy (non-hydrogen) atoms. The smallest absolute Gasteiger partial charge is 0.126 e. The third kappa shape index (κ3) is 1.47. The lowest BCUT2D eigenvalue weighted by Gasteiger charge is -2.05. The zero-order valence-corrected chi connectivity index (χ0v) is 7.59. The summed E-state index contributed by atoms with van der Waals surface area (Å²) in [7, 11) is 0. The fourth-order valence-corrected chi connectivity index (χ4v) is 1.17. The van der Waals surface area contributed by atoms with Crippen LogP contribution < -0.4 is 5.73 Å². The second kappa shape index (κ2) is 3.39. The van der Waals surface area contributed by atoms with Crippen LogP contribution in [-0.2, 0) is 6.42 Å². The summed E-state index contributed by atoms with van der Waals surface area (Å²) in [5, 5.41) is 0. The van der Waals surface area contributed by atoms with E-state index in [2.05, 4.69) is 18.5 Å². The van der Waals surface area contributed by atoms with Crippen molar-refractivity contribution in [3.05, 3.63) is 29.5 Å². The fourth-order valence-electron chi connectivity index (χ4n) is 1.17. The van der Waals surface area contributed by atoms with E-state index in [9.17, 15) is 0 Å². The topological polar surface area (TPSA) is 38.9 Å². The Kier molecular flexibility index (Phi) is 2.48. The van der Waals surface area contributed by atoms with Gasteiger partial charge in [0.1, 0.15) is 5.82 Å². The highest BCUT2D eigenvalue weighted by molar-refractivity contribution is 5.55. The minimum absolute atomic E-state index is 0.639. The van der Waals surface area contributed by atoms with Gasteiger partial charge in [0.2, 0.25) is 0 Å². The molecule has 2 N–H and O–H groups in total. The maximum absolute atomic E-state index is 5.71. The molecule has 0 unspecified atom stereocenters. The molecule has 1 rings (SSSR count). The van der Waals surface area contributed by atoms with Gasteiger partial charge in [-0.25, -0.2) is 4.98 Å². The van der Waals surface area contributed by atoms with Crippen LogP contribution in [0.2, 0.25) is 0 Å². The molecule has 2 nitrogen and oxygen atoms in total. The van der Waals surface area contributed by atoms with Crippen LogP contribution in [0.1, 0.15) is 23.7 Å². The number of hydrogen-bond acceptors (Lipinski definition) is 2. The number of aryl methyl sites for hydroxylation is 2. The predicted octanol–water partition coefficient (Wildman–Crippen LogP) is 2.18. The quantitative estimate of drug-likeness (QED) is 0.723. The first-order chi connectivity index (χ1) is 5.69. The van der Waals surface area contributed by atoms with Gasteiger partial charge in [0.25, 0.3) is 0 Å². The highest BCUT2D eigenvalue weighted by atomic mass is 14.8. The Morgan fingerprint density at radius 1 is 1.67 bits per heavy atom. The van der Waals surface area contributed by atoms with Crippen molar-refractivity contribution in [2.45, 2.75) is 20.3 Å². The highest BCUT2D eigenvalue weighted by Gasteiger charge is 2.01. The predicted molar refractivity (Wildman–Crippen MR) is 52.9 cm³/mol. The molecule has 0 radical (unpaired) electrons. The Labute approximate surface area is 73.1 Å². The molecular formula is C10H14N2. The normalized spacial score (nSPS) is 9.83. The van der Waals surface area contributed by atoms with Crippen LogP contribution in [0.25, 0.3) is 6.08 Å². The Morgan fingerprint density at radius 2 is 2.33 bits per heavy atom. The lowest BCUT2D eigenvalue weighted by molar-refractivity contribution is 1.08. The first-order valence-corrected chi connectivity index (χ1v) is 4.07. The Bertz CT molecular complexity index is 303. The molecule has 0 aliphatic rings. The molecule has 0 amide bonds. The molecular weight excluding hydrogens is 148 g/mol. The van der Waals surface area contributed by atoms with Crippen molar-refractivity contribution >= 4 is 11.9 Å². The molecule has 0 aromatic carbocycles. The first kappa shape index (κ1) is 8.78. The summed E-state index contributed by atoms with van der Waals surface area (Å²) < 4.78 is 0. The third-order valence-corrected chi connectivity index (χ3v) is 1.97. The van der Waals surface area contributed by atoms with Crippen molar-refractivity contribution in [1.29, 1.82) is 0 Å². The van der Waals surface area contributed by atoms with Gasteiger partial charge in [0.05, 0.1) is 0 Å². The van der Waals surface area contributed by atoms with Gasteiger partial charge < -0.3 is 5.73 Å². The van der Waals surface area contributed by atoms with E-state index < -0.39 is 0 Å². The van der Waals surface area contributed by atoms with Crippen molar-refractivity contribution in [2.75, 3.05) is 5.73 Å². The van der Waals surface area contributed by atoms with Crippen LogP contribution in [0, 0.1) is 6.92 Å². The van der Waals surface area contributed by atoms with Crippen molar-refractivity contribution < 1.29 is 0 Å². The lowest BCUT2D eigenvalue weighted by Crippen LogP contribution is -2.00. The van der Waals surface area contributed by atoms with Crippen LogP contribution in [0.4, 0.5) is 5.82 Å². The number of nitrogens with two attached hydrogens (primary N) is 1. The summed E-state index contributed by atoms with van der Waals surface area (Å²) in [6.07, 6.45) is 2.72. The van der Waals surface area contributed by atoms with E-state index in [1.165, 1.54) is 0 Å². The van der Waals surface area contributed by atoms with Gasteiger partial charge in [-0.3, -0.25) is 0 Å². The molecule has 0 saturated carbocycles. The van der Waals surface area contributed by atoms with Crippen molar-refractivity contribution in [3.8, 4) is 0 Å². The van der Waals surface area contributed by atoms with E-state index in [-0.39, 0.29) is 0 Å². The number of hydrogen-bond donors (Lipinski definition) is 1. The van der Waals surface area contributed by atoms with Crippen molar-refractivity contribution in [1.82, 2.24) is 4.98 Å². The van der Waals surface area contributed by atoms with E-state index >= 15 is 0 Å². The van der Waals surface area contributed by atoms with Gasteiger partial charge in [0.15, 0.2) is 0 Å². The number of nitrogens with zero attached hydrogens (tertiary/aromatic N) is 1. The molecule has 1 heterocycles. The largest absolute Gasteiger partial charge is 0.383 e. The average Bonchev–Trinajstić information content (AvgIpc) is 2.05. The van der Waals surface area contributed by atoms with E-state index in [0.717, 1.165) is 23.2 Å². The first-order valence-electron chi connectivity index (χ1n) is 4.07. The van der Waals surface area contributed by atoms with Gasteiger partial charge >= 0.3 is 0 Å². The molecule has 2 heteroatoms. The van der Waals surface area contributed by atoms with Crippen LogP contribution in [0.15, 0.2) is 12.6 Å². The Hall–Kier alpha value is -1.31. The molecule has 64 valence electrons. The lowest BCUT2D eigenvalue weighted by atomic mass is 10.1. The van der Waals surface area contributed by atoms with Crippen LogP contribution in [0.3, 0.4) is 0 Å². The van der Waals surface area contributed by atoms with Crippen LogP contribution >= 0.6 is 0 Å².